The Bertz CT molecular complexity index is 1310. The summed E-state index contributed by atoms with van der Waals surface area (Å²) in [4.78, 5) is 8.35. The van der Waals surface area contributed by atoms with Gasteiger partial charge in [0.1, 0.15) is 0 Å². The van der Waals surface area contributed by atoms with E-state index in [4.69, 9.17) is 4.99 Å². The van der Waals surface area contributed by atoms with Crippen molar-refractivity contribution in [2.45, 2.75) is 0 Å². The maximum atomic E-state index is 5.06. The van der Waals surface area contributed by atoms with Crippen LogP contribution in [-0.4, -0.2) is 17.0 Å². The lowest BCUT2D eigenvalue weighted by Crippen LogP contribution is -2.50. The van der Waals surface area contributed by atoms with Crippen molar-refractivity contribution in [2.24, 2.45) is 4.99 Å². The molecular formula is C20H13BN4+. The fourth-order valence-corrected chi connectivity index (χ4v) is 3.84. The smallest absolute Gasteiger partial charge is 0.361 e. The monoisotopic (exact) mass is 320 g/mol. The van der Waals surface area contributed by atoms with Gasteiger partial charge in [0.2, 0.25) is 5.49 Å². The first-order valence-corrected chi connectivity index (χ1v) is 8.33. The molecule has 1 N–H and O–H groups in total. The maximum Gasteiger partial charge on any atom is 0.555 e. The highest BCUT2D eigenvalue weighted by atomic mass is 15.2. The minimum absolute atomic E-state index is 0.945. The Morgan fingerprint density at radius 3 is 2.76 bits per heavy atom. The number of nitrogens with zero attached hydrogens (tertiary/aromatic N) is 3. The summed E-state index contributed by atoms with van der Waals surface area (Å²) < 4.78 is 4.27. The number of H-pyrrole nitrogens is 1. The highest BCUT2D eigenvalue weighted by molar-refractivity contribution is 6.28. The second-order valence-electron chi connectivity index (χ2n) is 6.34. The molecule has 0 bridgehead atoms. The van der Waals surface area contributed by atoms with Gasteiger partial charge < -0.3 is 9.46 Å². The zero-order chi connectivity index (χ0) is 16.4. The van der Waals surface area contributed by atoms with Gasteiger partial charge in [-0.15, -0.1) is 0 Å². The quantitative estimate of drug-likeness (QED) is 0.452. The molecule has 5 aromatic rings. The van der Waals surface area contributed by atoms with Crippen molar-refractivity contribution in [1.82, 2.24) is 9.46 Å². The van der Waals surface area contributed by atoms with Crippen LogP contribution < -0.4 is 9.97 Å². The molecule has 115 valence electrons. The molecule has 0 saturated carbocycles. The molecule has 0 unspecified atom stereocenters. The first kappa shape index (κ1) is 13.0. The number of hydrogen-bond acceptors (Lipinski definition) is 1. The third-order valence-corrected chi connectivity index (χ3v) is 4.95. The van der Waals surface area contributed by atoms with Gasteiger partial charge in [-0.1, -0.05) is 24.3 Å². The second-order valence-corrected chi connectivity index (χ2v) is 6.34. The summed E-state index contributed by atoms with van der Waals surface area (Å²) in [5, 5.41) is 3.71. The van der Waals surface area contributed by atoms with E-state index in [2.05, 4.69) is 76.1 Å². The number of benzene rings is 2. The normalized spacial score (nSPS) is 12.6. The largest absolute Gasteiger partial charge is 0.555 e. The number of fused-ring (bicyclic) bond motifs is 4. The second kappa shape index (κ2) is 4.60. The van der Waals surface area contributed by atoms with Gasteiger partial charge in [0.15, 0.2) is 0 Å². The summed E-state index contributed by atoms with van der Waals surface area (Å²) in [7, 11) is 2.12. The van der Waals surface area contributed by atoms with Crippen molar-refractivity contribution < 1.29 is 4.48 Å². The van der Waals surface area contributed by atoms with E-state index in [0.717, 1.165) is 22.6 Å². The van der Waals surface area contributed by atoms with Gasteiger partial charge in [0.05, 0.1) is 22.8 Å². The van der Waals surface area contributed by atoms with Crippen LogP contribution in [0.4, 0.5) is 5.82 Å². The Morgan fingerprint density at radius 1 is 0.960 bits per heavy atom. The van der Waals surface area contributed by atoms with Gasteiger partial charge >= 0.3 is 13.4 Å². The Balaban J connectivity index is 1.77. The zero-order valence-corrected chi connectivity index (χ0v) is 13.3. The molecule has 6 rings (SSSR count). The average molecular weight is 320 g/mol. The Hall–Kier alpha value is -3.34. The summed E-state index contributed by atoms with van der Waals surface area (Å²) >= 11 is 0. The number of nitrogens with one attached hydrogen (secondary N) is 1. The molecule has 5 heteroatoms. The van der Waals surface area contributed by atoms with Crippen LogP contribution in [0.25, 0.3) is 32.9 Å². The van der Waals surface area contributed by atoms with Gasteiger partial charge in [-0.25, -0.2) is 0 Å². The molecule has 25 heavy (non-hydrogen) atoms. The van der Waals surface area contributed by atoms with E-state index in [9.17, 15) is 0 Å². The van der Waals surface area contributed by atoms with Gasteiger partial charge in [-0.3, -0.25) is 4.48 Å². The minimum atomic E-state index is 0.945. The Labute approximate surface area is 144 Å². The first-order chi connectivity index (χ1) is 12.4. The molecule has 1 aliphatic heterocycles. The number of aromatic amines is 1. The van der Waals surface area contributed by atoms with E-state index in [-0.39, 0.29) is 0 Å². The van der Waals surface area contributed by atoms with E-state index >= 15 is 0 Å². The van der Waals surface area contributed by atoms with Crippen molar-refractivity contribution in [3.8, 4) is 11.3 Å². The molecule has 1 radical (unpaired) electrons. The zero-order valence-electron chi connectivity index (χ0n) is 13.3. The van der Waals surface area contributed by atoms with Crippen LogP contribution in [0.1, 0.15) is 0 Å². The average Bonchev–Trinajstić information content (AvgIpc) is 3.29. The molecule has 4 nitrogen and oxygen atoms in total. The third-order valence-electron chi connectivity index (χ3n) is 4.95. The van der Waals surface area contributed by atoms with Crippen LogP contribution in [0.2, 0.25) is 0 Å². The van der Waals surface area contributed by atoms with Crippen molar-refractivity contribution in [3.63, 3.8) is 0 Å². The van der Waals surface area contributed by atoms with Gasteiger partial charge in [-0.05, 0) is 46.8 Å². The lowest BCUT2D eigenvalue weighted by atomic mass is 10.1. The standard InChI is InChI=1S/C20H13BN4/c1-5-13-6-2-10-17-18(13)15(7-1)20-23-19-14(16-9-3-11-22-16)8-4-12-24(19)21-25(17)20/h1-12,22H/q+1. The molecule has 1 aliphatic rings. The molecule has 0 amide bonds. The first-order valence-electron chi connectivity index (χ1n) is 8.33. The molecule has 3 aromatic heterocycles. The SMILES string of the molecule is [B]1n2c(c3cccc4cccc2c43)=Nc2c(-c3ccc[nH]3)ccc[n+]21. The predicted molar refractivity (Wildman–Crippen MR) is 98.8 cm³/mol. The van der Waals surface area contributed by atoms with Gasteiger partial charge in [0, 0.05) is 17.1 Å². The van der Waals surface area contributed by atoms with Gasteiger partial charge in [0.25, 0.3) is 0 Å². The van der Waals surface area contributed by atoms with E-state index in [0.29, 0.717) is 0 Å². The highest BCUT2D eigenvalue weighted by Gasteiger charge is 2.28. The van der Waals surface area contributed by atoms with Crippen LogP contribution in [0.3, 0.4) is 0 Å². The van der Waals surface area contributed by atoms with E-state index in [1.807, 2.05) is 18.5 Å². The molecule has 0 fully saturated rings. The number of hydrogen-bond donors (Lipinski definition) is 1. The van der Waals surface area contributed by atoms with E-state index < -0.39 is 0 Å². The Morgan fingerprint density at radius 2 is 1.88 bits per heavy atom. The van der Waals surface area contributed by atoms with Crippen molar-refractivity contribution in [1.29, 1.82) is 0 Å². The lowest BCUT2D eigenvalue weighted by Gasteiger charge is -2.09. The lowest BCUT2D eigenvalue weighted by molar-refractivity contribution is -0.518. The number of pyridine rings is 1. The van der Waals surface area contributed by atoms with Gasteiger partial charge in [-0.2, -0.15) is 0 Å². The topological polar surface area (TPSA) is 37.0 Å². The van der Waals surface area contributed by atoms with Crippen molar-refractivity contribution >= 4 is 35.0 Å². The summed E-state index contributed by atoms with van der Waals surface area (Å²) in [6, 6.07) is 21.1. The summed E-state index contributed by atoms with van der Waals surface area (Å²) in [6.07, 6.45) is 3.99. The molecular weight excluding hydrogens is 307 g/mol. The minimum Gasteiger partial charge on any atom is -0.361 e. The van der Waals surface area contributed by atoms with Crippen LogP contribution in [0, 0.1) is 0 Å². The molecule has 0 spiro atoms. The van der Waals surface area contributed by atoms with E-state index in [1.54, 1.807) is 0 Å². The fraction of sp³-hybridized carbons (Fsp3) is 0. The van der Waals surface area contributed by atoms with Crippen LogP contribution >= 0.6 is 0 Å². The predicted octanol–water partition coefficient (Wildman–Crippen LogP) is 2.99. The number of aromatic nitrogens is 3. The molecule has 0 saturated heterocycles. The highest BCUT2D eigenvalue weighted by Crippen LogP contribution is 2.29. The summed E-state index contributed by atoms with van der Waals surface area (Å²) in [5.74, 6) is 0.945. The summed E-state index contributed by atoms with van der Waals surface area (Å²) in [6.45, 7) is 0. The van der Waals surface area contributed by atoms with Crippen molar-refractivity contribution in [3.05, 3.63) is 78.5 Å². The molecule has 2 aromatic carbocycles. The number of rotatable bonds is 1. The Kier molecular flexibility index (Phi) is 2.40. The molecule has 4 heterocycles. The third kappa shape index (κ3) is 1.67. The fourth-order valence-electron chi connectivity index (χ4n) is 3.84. The van der Waals surface area contributed by atoms with Crippen LogP contribution in [-0.2, 0) is 0 Å². The van der Waals surface area contributed by atoms with E-state index in [1.165, 1.54) is 21.7 Å². The van der Waals surface area contributed by atoms with Crippen LogP contribution in [0.5, 0.6) is 0 Å². The van der Waals surface area contributed by atoms with Crippen LogP contribution in [0.15, 0.2) is 78.0 Å². The summed E-state index contributed by atoms with van der Waals surface area (Å²) in [5.41, 5.74) is 4.35. The molecule has 0 aliphatic carbocycles. The maximum absolute atomic E-state index is 5.06. The van der Waals surface area contributed by atoms with Crippen molar-refractivity contribution in [2.75, 3.05) is 0 Å². The molecule has 0 atom stereocenters.